The van der Waals surface area contributed by atoms with Crippen LogP contribution in [0.25, 0.3) is 0 Å². The van der Waals surface area contributed by atoms with Crippen LogP contribution >= 0.6 is 0 Å². The third-order valence-electron chi connectivity index (χ3n) is 2.82. The highest BCUT2D eigenvalue weighted by Gasteiger charge is 2.22. The van der Waals surface area contributed by atoms with Crippen molar-refractivity contribution in [3.8, 4) is 0 Å². The number of nitrogens with one attached hydrogen (secondary N) is 1. The van der Waals surface area contributed by atoms with E-state index in [0.717, 1.165) is 6.07 Å². The Kier molecular flexibility index (Phi) is 3.40. The molecule has 0 aliphatic rings. The van der Waals surface area contributed by atoms with Gasteiger partial charge in [0.25, 0.3) is 0 Å². The molecule has 1 aromatic heterocycles. The van der Waals surface area contributed by atoms with Crippen LogP contribution in [0, 0.1) is 18.6 Å². The molecule has 18 heavy (non-hydrogen) atoms. The molecule has 6 heteroatoms. The average Bonchev–Trinajstić information content (AvgIpc) is 2.65. The molecule has 2 aromatic rings. The number of nitrogens with two attached hydrogens (primary N) is 1. The third kappa shape index (κ3) is 2.12. The maximum Gasteiger partial charge on any atom is 0.163 e. The van der Waals surface area contributed by atoms with Crippen molar-refractivity contribution in [2.75, 3.05) is 0 Å². The molecule has 1 unspecified atom stereocenters. The summed E-state index contributed by atoms with van der Waals surface area (Å²) < 4.78 is 28.6. The van der Waals surface area contributed by atoms with Crippen molar-refractivity contribution in [3.05, 3.63) is 52.9 Å². The minimum atomic E-state index is -0.899. The maximum absolute atomic E-state index is 13.8. The second-order valence-electron chi connectivity index (χ2n) is 4.09. The lowest BCUT2D eigenvalue weighted by molar-refractivity contribution is 0.482. The first-order valence-electron chi connectivity index (χ1n) is 5.44. The van der Waals surface area contributed by atoms with E-state index < -0.39 is 17.7 Å². The summed E-state index contributed by atoms with van der Waals surface area (Å²) in [5, 5.41) is 4.16. The first-order valence-corrected chi connectivity index (χ1v) is 5.44. The van der Waals surface area contributed by atoms with Crippen molar-refractivity contribution in [3.63, 3.8) is 0 Å². The summed E-state index contributed by atoms with van der Waals surface area (Å²) >= 11 is 0. The van der Waals surface area contributed by atoms with Gasteiger partial charge in [0.15, 0.2) is 11.6 Å². The van der Waals surface area contributed by atoms with E-state index in [9.17, 15) is 8.78 Å². The second kappa shape index (κ2) is 4.83. The van der Waals surface area contributed by atoms with E-state index in [-0.39, 0.29) is 5.56 Å². The van der Waals surface area contributed by atoms with Gasteiger partial charge in [0, 0.05) is 24.4 Å². The SMILES string of the molecule is Cc1nn(C)cc1C(NN)c1cccc(F)c1F. The van der Waals surface area contributed by atoms with Crippen LogP contribution in [-0.4, -0.2) is 9.78 Å². The van der Waals surface area contributed by atoms with Gasteiger partial charge in [-0.1, -0.05) is 12.1 Å². The summed E-state index contributed by atoms with van der Waals surface area (Å²) in [6, 6.07) is 3.39. The number of aromatic nitrogens is 2. The second-order valence-corrected chi connectivity index (χ2v) is 4.09. The number of halogens is 2. The van der Waals surface area contributed by atoms with Gasteiger partial charge in [0.1, 0.15) is 0 Å². The highest BCUT2D eigenvalue weighted by molar-refractivity contribution is 5.33. The highest BCUT2D eigenvalue weighted by atomic mass is 19.2. The molecule has 0 spiro atoms. The van der Waals surface area contributed by atoms with Gasteiger partial charge < -0.3 is 0 Å². The summed E-state index contributed by atoms with van der Waals surface area (Å²) in [7, 11) is 1.76. The van der Waals surface area contributed by atoms with Gasteiger partial charge in [-0.25, -0.2) is 14.2 Å². The summed E-state index contributed by atoms with van der Waals surface area (Å²) in [5.41, 5.74) is 4.08. The van der Waals surface area contributed by atoms with Crippen LogP contribution in [0.2, 0.25) is 0 Å². The molecule has 0 saturated carbocycles. The molecule has 1 aromatic carbocycles. The number of hydrogen-bond donors (Lipinski definition) is 2. The van der Waals surface area contributed by atoms with Gasteiger partial charge in [-0.2, -0.15) is 5.10 Å². The van der Waals surface area contributed by atoms with E-state index in [1.54, 1.807) is 24.9 Å². The Hall–Kier alpha value is -1.79. The molecule has 0 aliphatic carbocycles. The molecule has 96 valence electrons. The maximum atomic E-state index is 13.8. The summed E-state index contributed by atoms with van der Waals surface area (Å²) in [5.74, 6) is 3.66. The van der Waals surface area contributed by atoms with Crippen molar-refractivity contribution < 1.29 is 8.78 Å². The van der Waals surface area contributed by atoms with Crippen molar-refractivity contribution in [1.29, 1.82) is 0 Å². The van der Waals surface area contributed by atoms with Crippen LogP contribution in [0.3, 0.4) is 0 Å². The predicted octanol–water partition coefficient (Wildman–Crippen LogP) is 1.56. The van der Waals surface area contributed by atoms with Gasteiger partial charge >= 0.3 is 0 Å². The lowest BCUT2D eigenvalue weighted by Crippen LogP contribution is -2.30. The largest absolute Gasteiger partial charge is 0.275 e. The van der Waals surface area contributed by atoms with Crippen molar-refractivity contribution in [2.45, 2.75) is 13.0 Å². The highest BCUT2D eigenvalue weighted by Crippen LogP contribution is 2.26. The molecule has 0 radical (unpaired) electrons. The van der Waals surface area contributed by atoms with Gasteiger partial charge in [0.05, 0.1) is 11.7 Å². The molecule has 3 N–H and O–H groups in total. The molecule has 4 nitrogen and oxygen atoms in total. The van der Waals surface area contributed by atoms with Crippen LogP contribution in [0.1, 0.15) is 22.9 Å². The Bertz CT molecular complexity index is 565. The van der Waals surface area contributed by atoms with Crippen molar-refractivity contribution in [2.24, 2.45) is 12.9 Å². The fourth-order valence-corrected chi connectivity index (χ4v) is 1.99. The first-order chi connectivity index (χ1) is 8.54. The third-order valence-corrected chi connectivity index (χ3v) is 2.82. The molecule has 0 fully saturated rings. The van der Waals surface area contributed by atoms with Gasteiger partial charge in [-0.15, -0.1) is 0 Å². The van der Waals surface area contributed by atoms with Gasteiger partial charge in [0.2, 0.25) is 0 Å². The molecular formula is C12H14F2N4. The molecule has 0 bridgehead atoms. The zero-order valence-electron chi connectivity index (χ0n) is 10.1. The summed E-state index contributed by atoms with van der Waals surface area (Å²) in [4.78, 5) is 0. The quantitative estimate of drug-likeness (QED) is 0.644. The van der Waals surface area contributed by atoms with E-state index >= 15 is 0 Å². The summed E-state index contributed by atoms with van der Waals surface area (Å²) in [6.45, 7) is 1.79. The van der Waals surface area contributed by atoms with Crippen molar-refractivity contribution >= 4 is 0 Å². The molecule has 0 saturated heterocycles. The van der Waals surface area contributed by atoms with E-state index in [0.29, 0.717) is 11.3 Å². The van der Waals surface area contributed by atoms with E-state index in [4.69, 9.17) is 5.84 Å². The Balaban J connectivity index is 2.52. The zero-order chi connectivity index (χ0) is 13.3. The monoisotopic (exact) mass is 252 g/mol. The Morgan fingerprint density at radius 3 is 2.61 bits per heavy atom. The minimum Gasteiger partial charge on any atom is -0.275 e. The molecule has 2 rings (SSSR count). The number of aryl methyl sites for hydroxylation is 2. The number of hydrazine groups is 1. The van der Waals surface area contributed by atoms with E-state index in [1.165, 1.54) is 12.1 Å². The fourth-order valence-electron chi connectivity index (χ4n) is 1.99. The molecule has 1 atom stereocenters. The van der Waals surface area contributed by atoms with E-state index in [2.05, 4.69) is 10.5 Å². The molecule has 1 heterocycles. The van der Waals surface area contributed by atoms with Crippen LogP contribution in [0.4, 0.5) is 8.78 Å². The smallest absolute Gasteiger partial charge is 0.163 e. The number of nitrogens with zero attached hydrogens (tertiary/aromatic N) is 2. The summed E-state index contributed by atoms with van der Waals surface area (Å²) in [6.07, 6.45) is 1.73. The van der Waals surface area contributed by atoms with Gasteiger partial charge in [-0.3, -0.25) is 10.5 Å². The lowest BCUT2D eigenvalue weighted by atomic mass is 9.99. The Morgan fingerprint density at radius 1 is 1.33 bits per heavy atom. The number of rotatable bonds is 3. The van der Waals surface area contributed by atoms with Crippen molar-refractivity contribution in [1.82, 2.24) is 15.2 Å². The Labute approximate surface area is 103 Å². The molecule has 0 amide bonds. The molecule has 0 aliphatic heterocycles. The predicted molar refractivity (Wildman–Crippen MR) is 63.5 cm³/mol. The van der Waals surface area contributed by atoms with E-state index in [1.807, 2.05) is 0 Å². The minimum absolute atomic E-state index is 0.161. The van der Waals surface area contributed by atoms with Crippen LogP contribution < -0.4 is 11.3 Å². The standard InChI is InChI=1S/C12H14F2N4/c1-7-9(6-18(2)17-7)12(16-15)8-4-3-5-10(13)11(8)14/h3-6,12,16H,15H2,1-2H3. The average molecular weight is 252 g/mol. The van der Waals surface area contributed by atoms with Crippen LogP contribution in [-0.2, 0) is 7.05 Å². The first kappa shape index (κ1) is 12.7. The fraction of sp³-hybridized carbons (Fsp3) is 0.250. The number of benzene rings is 1. The van der Waals surface area contributed by atoms with Crippen LogP contribution in [0.5, 0.6) is 0 Å². The molecular weight excluding hydrogens is 238 g/mol. The normalized spacial score (nSPS) is 12.7. The zero-order valence-corrected chi connectivity index (χ0v) is 10.1. The lowest BCUT2D eigenvalue weighted by Gasteiger charge is -2.16. The van der Waals surface area contributed by atoms with Gasteiger partial charge in [-0.05, 0) is 13.0 Å². The van der Waals surface area contributed by atoms with Crippen LogP contribution in [0.15, 0.2) is 24.4 Å². The topological polar surface area (TPSA) is 55.9 Å². The number of hydrogen-bond acceptors (Lipinski definition) is 3. The Morgan fingerprint density at radius 2 is 2.06 bits per heavy atom.